The zero-order valence-corrected chi connectivity index (χ0v) is 13.2. The first-order chi connectivity index (χ1) is 10.3. The molecule has 0 spiro atoms. The maximum atomic E-state index is 12.1. The fraction of sp³-hybridized carbons (Fsp3) is 0.600. The molecule has 7 nitrogen and oxygen atoms in total. The molecule has 1 fully saturated rings. The summed E-state index contributed by atoms with van der Waals surface area (Å²) >= 11 is 0. The first kappa shape index (κ1) is 16.2. The van der Waals surface area contributed by atoms with Crippen LogP contribution in [0.4, 0.5) is 4.79 Å². The van der Waals surface area contributed by atoms with Crippen molar-refractivity contribution in [1.29, 1.82) is 0 Å². The van der Waals surface area contributed by atoms with Crippen molar-refractivity contribution in [3.8, 4) is 0 Å². The smallest absolute Gasteiger partial charge is 0.410 e. The van der Waals surface area contributed by atoms with Crippen LogP contribution in [0.15, 0.2) is 18.6 Å². The minimum absolute atomic E-state index is 0.101. The molecule has 120 valence electrons. The summed E-state index contributed by atoms with van der Waals surface area (Å²) in [6.45, 7) is 6.60. The van der Waals surface area contributed by atoms with Gasteiger partial charge in [0.2, 0.25) is 0 Å². The van der Waals surface area contributed by atoms with E-state index in [2.05, 4.69) is 15.3 Å². The summed E-state index contributed by atoms with van der Waals surface area (Å²) in [5.41, 5.74) is -0.246. The summed E-state index contributed by atoms with van der Waals surface area (Å²) in [6, 6.07) is -0.101. The normalized spacial score (nSPS) is 18.7. The zero-order chi connectivity index (χ0) is 16.2. The van der Waals surface area contributed by atoms with Crippen molar-refractivity contribution in [3.63, 3.8) is 0 Å². The SMILES string of the molecule is CC(C)(C)OC(=O)N1CCCC(NC(=O)c2cnccn2)C1. The van der Waals surface area contributed by atoms with Crippen LogP contribution in [-0.2, 0) is 4.74 Å². The molecule has 1 aromatic heterocycles. The molecule has 2 amide bonds. The number of aromatic nitrogens is 2. The molecule has 2 heterocycles. The van der Waals surface area contributed by atoms with Crippen LogP contribution in [0, 0.1) is 0 Å². The number of likely N-dealkylation sites (tertiary alicyclic amines) is 1. The van der Waals surface area contributed by atoms with Gasteiger partial charge >= 0.3 is 6.09 Å². The molecule has 7 heteroatoms. The van der Waals surface area contributed by atoms with Crippen molar-refractivity contribution < 1.29 is 14.3 Å². The van der Waals surface area contributed by atoms with Gasteiger partial charge in [-0.3, -0.25) is 9.78 Å². The van der Waals surface area contributed by atoms with Gasteiger partial charge in [-0.2, -0.15) is 0 Å². The van der Waals surface area contributed by atoms with Gasteiger partial charge in [-0.05, 0) is 33.6 Å². The Hall–Kier alpha value is -2.18. The lowest BCUT2D eigenvalue weighted by molar-refractivity contribution is 0.0185. The Balaban J connectivity index is 1.91. The molecule has 22 heavy (non-hydrogen) atoms. The van der Waals surface area contributed by atoms with Crippen LogP contribution in [-0.4, -0.2) is 51.6 Å². The van der Waals surface area contributed by atoms with Crippen LogP contribution in [0.25, 0.3) is 0 Å². The molecule has 1 aliphatic rings. The Bertz CT molecular complexity index is 527. The van der Waals surface area contributed by atoms with E-state index in [4.69, 9.17) is 4.74 Å². The van der Waals surface area contributed by atoms with Gasteiger partial charge in [0, 0.05) is 31.5 Å². The molecule has 0 aromatic carbocycles. The van der Waals surface area contributed by atoms with Crippen molar-refractivity contribution in [2.45, 2.75) is 45.3 Å². The fourth-order valence-corrected chi connectivity index (χ4v) is 2.26. The number of piperidine rings is 1. The second kappa shape index (κ2) is 6.72. The number of ether oxygens (including phenoxy) is 1. The van der Waals surface area contributed by atoms with Gasteiger partial charge in [-0.15, -0.1) is 0 Å². The van der Waals surface area contributed by atoms with E-state index in [1.807, 2.05) is 20.8 Å². The van der Waals surface area contributed by atoms with Gasteiger partial charge in [0.25, 0.3) is 5.91 Å². The van der Waals surface area contributed by atoms with E-state index in [-0.39, 0.29) is 23.7 Å². The van der Waals surface area contributed by atoms with Gasteiger partial charge in [-0.25, -0.2) is 9.78 Å². The van der Waals surface area contributed by atoms with Crippen LogP contribution in [0.3, 0.4) is 0 Å². The zero-order valence-electron chi connectivity index (χ0n) is 13.2. The van der Waals surface area contributed by atoms with Crippen LogP contribution >= 0.6 is 0 Å². The number of hydrogen-bond acceptors (Lipinski definition) is 5. The van der Waals surface area contributed by atoms with E-state index in [1.165, 1.54) is 18.6 Å². The Kier molecular flexibility index (Phi) is 4.95. The van der Waals surface area contributed by atoms with Crippen LogP contribution in [0.2, 0.25) is 0 Å². The number of carbonyl (C=O) groups is 2. The molecule has 0 bridgehead atoms. The number of rotatable bonds is 2. The summed E-state index contributed by atoms with van der Waals surface area (Å²) in [5.74, 6) is -0.274. The third kappa shape index (κ3) is 4.68. The first-order valence-corrected chi connectivity index (χ1v) is 7.40. The average molecular weight is 306 g/mol. The lowest BCUT2D eigenvalue weighted by atomic mass is 10.1. The van der Waals surface area contributed by atoms with Gasteiger partial charge in [0.15, 0.2) is 0 Å². The Morgan fingerprint density at radius 1 is 1.36 bits per heavy atom. The molecule has 1 saturated heterocycles. The van der Waals surface area contributed by atoms with Gasteiger partial charge in [0.1, 0.15) is 11.3 Å². The van der Waals surface area contributed by atoms with Crippen LogP contribution in [0.5, 0.6) is 0 Å². The minimum atomic E-state index is -0.521. The molecule has 1 aliphatic heterocycles. The molecule has 1 N–H and O–H groups in total. The quantitative estimate of drug-likeness (QED) is 0.897. The Morgan fingerprint density at radius 3 is 2.77 bits per heavy atom. The highest BCUT2D eigenvalue weighted by atomic mass is 16.6. The molecule has 1 atom stereocenters. The summed E-state index contributed by atoms with van der Waals surface area (Å²) < 4.78 is 5.37. The molecule has 0 radical (unpaired) electrons. The summed E-state index contributed by atoms with van der Waals surface area (Å²) in [7, 11) is 0. The fourth-order valence-electron chi connectivity index (χ4n) is 2.26. The summed E-state index contributed by atoms with van der Waals surface area (Å²) in [5, 5.41) is 2.89. The monoisotopic (exact) mass is 306 g/mol. The highest BCUT2D eigenvalue weighted by Gasteiger charge is 2.28. The molecule has 0 aliphatic carbocycles. The summed E-state index contributed by atoms with van der Waals surface area (Å²) in [6.07, 6.45) is 5.72. The molecular weight excluding hydrogens is 284 g/mol. The molecule has 1 aromatic rings. The second-order valence-corrected chi connectivity index (χ2v) is 6.33. The first-order valence-electron chi connectivity index (χ1n) is 7.40. The average Bonchev–Trinajstić information content (AvgIpc) is 2.46. The Labute approximate surface area is 130 Å². The van der Waals surface area contributed by atoms with Crippen LogP contribution < -0.4 is 5.32 Å². The molecule has 0 saturated carbocycles. The predicted octanol–water partition coefficient (Wildman–Crippen LogP) is 1.61. The minimum Gasteiger partial charge on any atom is -0.444 e. The number of nitrogens with zero attached hydrogens (tertiary/aromatic N) is 3. The Morgan fingerprint density at radius 2 is 2.14 bits per heavy atom. The number of amides is 2. The van der Waals surface area contributed by atoms with E-state index < -0.39 is 5.60 Å². The maximum Gasteiger partial charge on any atom is 0.410 e. The van der Waals surface area contributed by atoms with E-state index in [0.717, 1.165) is 12.8 Å². The van der Waals surface area contributed by atoms with Crippen molar-refractivity contribution in [1.82, 2.24) is 20.2 Å². The lowest BCUT2D eigenvalue weighted by Crippen LogP contribution is -2.50. The second-order valence-electron chi connectivity index (χ2n) is 6.33. The van der Waals surface area contributed by atoms with Gasteiger partial charge in [0.05, 0.1) is 6.20 Å². The van der Waals surface area contributed by atoms with Gasteiger partial charge in [-0.1, -0.05) is 0 Å². The number of nitrogens with one attached hydrogen (secondary N) is 1. The van der Waals surface area contributed by atoms with Crippen LogP contribution in [0.1, 0.15) is 44.1 Å². The van der Waals surface area contributed by atoms with Crippen molar-refractivity contribution in [3.05, 3.63) is 24.3 Å². The van der Waals surface area contributed by atoms with Crippen molar-refractivity contribution >= 4 is 12.0 Å². The number of carbonyl (C=O) groups excluding carboxylic acids is 2. The maximum absolute atomic E-state index is 12.1. The summed E-state index contributed by atoms with van der Waals surface area (Å²) in [4.78, 5) is 33.6. The highest BCUT2D eigenvalue weighted by Crippen LogP contribution is 2.15. The predicted molar refractivity (Wildman–Crippen MR) is 80.3 cm³/mol. The third-order valence-electron chi connectivity index (χ3n) is 3.20. The topological polar surface area (TPSA) is 84.4 Å². The van der Waals surface area contributed by atoms with Gasteiger partial charge < -0.3 is 15.0 Å². The van der Waals surface area contributed by atoms with Crippen molar-refractivity contribution in [2.75, 3.05) is 13.1 Å². The highest BCUT2D eigenvalue weighted by molar-refractivity contribution is 5.92. The van der Waals surface area contributed by atoms with E-state index in [9.17, 15) is 9.59 Å². The van der Waals surface area contributed by atoms with E-state index in [0.29, 0.717) is 13.1 Å². The van der Waals surface area contributed by atoms with E-state index >= 15 is 0 Å². The molecular formula is C15H22N4O3. The molecule has 2 rings (SSSR count). The number of hydrogen-bond donors (Lipinski definition) is 1. The largest absolute Gasteiger partial charge is 0.444 e. The van der Waals surface area contributed by atoms with E-state index in [1.54, 1.807) is 4.90 Å². The third-order valence-corrected chi connectivity index (χ3v) is 3.20. The standard InChI is InChI=1S/C15H22N4O3/c1-15(2,3)22-14(21)19-8-4-5-11(10-19)18-13(20)12-9-16-6-7-17-12/h6-7,9,11H,4-5,8,10H2,1-3H3,(H,18,20). The molecule has 1 unspecified atom stereocenters. The van der Waals surface area contributed by atoms with Crippen molar-refractivity contribution in [2.24, 2.45) is 0 Å². The lowest BCUT2D eigenvalue weighted by Gasteiger charge is -2.34.